The largest absolute Gasteiger partial charge is 0.491 e. The molecule has 4 nitrogen and oxygen atoms in total. The molecule has 5 heteroatoms. The molecule has 102 valence electrons. The van der Waals surface area contributed by atoms with E-state index in [0.717, 1.165) is 17.3 Å². The Labute approximate surface area is 117 Å². The Balaban J connectivity index is 1.79. The number of aromatic nitrogens is 2. The Hall–Kier alpha value is -1.49. The summed E-state index contributed by atoms with van der Waals surface area (Å²) >= 11 is 1.76. The molecule has 0 N–H and O–H groups in total. The summed E-state index contributed by atoms with van der Waals surface area (Å²) in [4.78, 5) is 0. The molecule has 0 aliphatic rings. The van der Waals surface area contributed by atoms with Crippen molar-refractivity contribution in [3.05, 3.63) is 41.6 Å². The second-order valence-corrected chi connectivity index (χ2v) is 5.50. The zero-order valence-electron chi connectivity index (χ0n) is 11.4. The van der Waals surface area contributed by atoms with Gasteiger partial charge < -0.3 is 9.15 Å². The van der Waals surface area contributed by atoms with Crippen LogP contribution >= 0.6 is 11.8 Å². The highest BCUT2D eigenvalue weighted by molar-refractivity contribution is 7.97. The van der Waals surface area contributed by atoms with Crippen molar-refractivity contribution >= 4 is 11.8 Å². The van der Waals surface area contributed by atoms with Gasteiger partial charge >= 0.3 is 0 Å². The summed E-state index contributed by atoms with van der Waals surface area (Å²) in [7, 11) is 0. The summed E-state index contributed by atoms with van der Waals surface area (Å²) in [5, 5.41) is 7.77. The molecule has 0 bridgehead atoms. The van der Waals surface area contributed by atoms with Crippen LogP contribution < -0.4 is 4.74 Å². The van der Waals surface area contributed by atoms with Crippen molar-refractivity contribution in [1.29, 1.82) is 0 Å². The molecule has 2 aromatic rings. The standard InChI is InChI=1S/C14H18N2O2S/c1-10(2)17-13-6-4-12(5-7-13)8-19-9-14-16-15-11(3)18-14/h4-7,10H,8-9H2,1-3H3. The third-order valence-corrected chi connectivity index (χ3v) is 3.35. The number of hydrogen-bond acceptors (Lipinski definition) is 5. The molecule has 0 fully saturated rings. The minimum absolute atomic E-state index is 0.209. The Morgan fingerprint density at radius 2 is 1.89 bits per heavy atom. The molecule has 2 rings (SSSR count). The fourth-order valence-corrected chi connectivity index (χ4v) is 2.41. The van der Waals surface area contributed by atoms with Gasteiger partial charge in [0.05, 0.1) is 11.9 Å². The Kier molecular flexibility index (Phi) is 4.85. The zero-order chi connectivity index (χ0) is 13.7. The van der Waals surface area contributed by atoms with Crippen LogP contribution in [-0.4, -0.2) is 16.3 Å². The van der Waals surface area contributed by atoms with Crippen LogP contribution in [-0.2, 0) is 11.5 Å². The minimum Gasteiger partial charge on any atom is -0.491 e. The van der Waals surface area contributed by atoms with E-state index >= 15 is 0 Å². The molecule has 0 aliphatic heterocycles. The molecule has 0 radical (unpaired) electrons. The van der Waals surface area contributed by atoms with E-state index in [0.29, 0.717) is 11.8 Å². The normalized spacial score (nSPS) is 10.9. The van der Waals surface area contributed by atoms with E-state index in [1.54, 1.807) is 18.7 Å². The van der Waals surface area contributed by atoms with Crippen molar-refractivity contribution in [3.63, 3.8) is 0 Å². The van der Waals surface area contributed by atoms with Gasteiger partial charge in [-0.05, 0) is 31.5 Å². The van der Waals surface area contributed by atoms with Crippen LogP contribution in [0.3, 0.4) is 0 Å². The van der Waals surface area contributed by atoms with E-state index in [4.69, 9.17) is 9.15 Å². The van der Waals surface area contributed by atoms with Crippen LogP contribution in [0, 0.1) is 6.92 Å². The van der Waals surface area contributed by atoms with Crippen molar-refractivity contribution in [2.75, 3.05) is 0 Å². The van der Waals surface area contributed by atoms with Crippen LogP contribution in [0.2, 0.25) is 0 Å². The van der Waals surface area contributed by atoms with Crippen molar-refractivity contribution in [2.24, 2.45) is 0 Å². The smallest absolute Gasteiger partial charge is 0.226 e. The molecule has 0 unspecified atom stereocenters. The molecule has 1 heterocycles. The summed E-state index contributed by atoms with van der Waals surface area (Å²) < 4.78 is 10.9. The van der Waals surface area contributed by atoms with Gasteiger partial charge in [-0.25, -0.2) is 0 Å². The molecule has 0 spiro atoms. The maximum atomic E-state index is 5.61. The summed E-state index contributed by atoms with van der Waals surface area (Å²) in [6, 6.07) is 8.19. The lowest BCUT2D eigenvalue weighted by molar-refractivity contribution is 0.242. The Morgan fingerprint density at radius 1 is 1.16 bits per heavy atom. The molecule has 0 amide bonds. The van der Waals surface area contributed by atoms with Gasteiger partial charge in [0.15, 0.2) is 0 Å². The van der Waals surface area contributed by atoms with Crippen molar-refractivity contribution in [3.8, 4) is 5.75 Å². The van der Waals surface area contributed by atoms with E-state index in [-0.39, 0.29) is 6.10 Å². The van der Waals surface area contributed by atoms with Gasteiger partial charge in [-0.2, -0.15) is 0 Å². The van der Waals surface area contributed by atoms with Crippen LogP contribution in [0.15, 0.2) is 28.7 Å². The van der Waals surface area contributed by atoms with Gasteiger partial charge in [0.1, 0.15) is 5.75 Å². The number of benzene rings is 1. The summed E-state index contributed by atoms with van der Waals surface area (Å²) in [5.74, 6) is 3.87. The summed E-state index contributed by atoms with van der Waals surface area (Å²) in [5.41, 5.74) is 1.26. The monoisotopic (exact) mass is 278 g/mol. The lowest BCUT2D eigenvalue weighted by Gasteiger charge is -2.09. The predicted molar refractivity (Wildman–Crippen MR) is 76.2 cm³/mol. The van der Waals surface area contributed by atoms with E-state index in [9.17, 15) is 0 Å². The highest BCUT2D eigenvalue weighted by Gasteiger charge is 2.03. The maximum Gasteiger partial charge on any atom is 0.226 e. The van der Waals surface area contributed by atoms with Crippen molar-refractivity contribution in [1.82, 2.24) is 10.2 Å². The Morgan fingerprint density at radius 3 is 2.47 bits per heavy atom. The summed E-state index contributed by atoms with van der Waals surface area (Å²) in [6.45, 7) is 5.85. The van der Waals surface area contributed by atoms with Crippen molar-refractivity contribution in [2.45, 2.75) is 38.4 Å². The lowest BCUT2D eigenvalue weighted by atomic mass is 10.2. The Bertz CT molecular complexity index is 508. The first-order valence-corrected chi connectivity index (χ1v) is 7.41. The molecule has 0 atom stereocenters. The lowest BCUT2D eigenvalue weighted by Crippen LogP contribution is -2.05. The van der Waals surface area contributed by atoms with Gasteiger partial charge in [0, 0.05) is 12.7 Å². The second kappa shape index (κ2) is 6.61. The van der Waals surface area contributed by atoms with E-state index in [1.807, 2.05) is 26.0 Å². The van der Waals surface area contributed by atoms with Gasteiger partial charge in [-0.15, -0.1) is 22.0 Å². The molecule has 0 aliphatic carbocycles. The topological polar surface area (TPSA) is 48.2 Å². The molecule has 0 saturated heterocycles. The van der Waals surface area contributed by atoms with E-state index < -0.39 is 0 Å². The van der Waals surface area contributed by atoms with Gasteiger partial charge in [-0.3, -0.25) is 0 Å². The molecule has 0 saturated carbocycles. The van der Waals surface area contributed by atoms with Crippen molar-refractivity contribution < 1.29 is 9.15 Å². The number of nitrogens with zero attached hydrogens (tertiary/aromatic N) is 2. The molecule has 1 aromatic carbocycles. The number of thioether (sulfide) groups is 1. The molecular weight excluding hydrogens is 260 g/mol. The maximum absolute atomic E-state index is 5.61. The SMILES string of the molecule is Cc1nnc(CSCc2ccc(OC(C)C)cc2)o1. The number of hydrogen-bond donors (Lipinski definition) is 0. The highest BCUT2D eigenvalue weighted by atomic mass is 32.2. The third kappa shape index (κ3) is 4.59. The second-order valence-electron chi connectivity index (χ2n) is 4.52. The predicted octanol–water partition coefficient (Wildman–Crippen LogP) is 3.60. The van der Waals surface area contributed by atoms with Gasteiger partial charge in [-0.1, -0.05) is 12.1 Å². The quantitative estimate of drug-likeness (QED) is 0.808. The van der Waals surface area contributed by atoms with Crippen LogP contribution in [0.25, 0.3) is 0 Å². The van der Waals surface area contributed by atoms with Crippen LogP contribution in [0.5, 0.6) is 5.75 Å². The van der Waals surface area contributed by atoms with Gasteiger partial charge in [0.2, 0.25) is 11.8 Å². The summed E-state index contributed by atoms with van der Waals surface area (Å²) in [6.07, 6.45) is 0.209. The fraction of sp³-hybridized carbons (Fsp3) is 0.429. The van der Waals surface area contributed by atoms with Crippen LogP contribution in [0.4, 0.5) is 0 Å². The van der Waals surface area contributed by atoms with Crippen LogP contribution in [0.1, 0.15) is 31.2 Å². The number of rotatable bonds is 6. The molecule has 1 aromatic heterocycles. The number of ether oxygens (including phenoxy) is 1. The van der Waals surface area contributed by atoms with E-state index in [1.165, 1.54) is 5.56 Å². The minimum atomic E-state index is 0.209. The first-order valence-electron chi connectivity index (χ1n) is 6.26. The average Bonchev–Trinajstić information content (AvgIpc) is 2.77. The fourth-order valence-electron chi connectivity index (χ4n) is 1.59. The van der Waals surface area contributed by atoms with E-state index in [2.05, 4.69) is 22.3 Å². The number of aryl methyl sites for hydroxylation is 1. The molecule has 19 heavy (non-hydrogen) atoms. The zero-order valence-corrected chi connectivity index (χ0v) is 12.2. The first-order chi connectivity index (χ1) is 9.13. The highest BCUT2D eigenvalue weighted by Crippen LogP contribution is 2.20. The van der Waals surface area contributed by atoms with Gasteiger partial charge in [0.25, 0.3) is 0 Å². The first kappa shape index (κ1) is 13.9. The average molecular weight is 278 g/mol. The third-order valence-electron chi connectivity index (χ3n) is 2.36. The molecular formula is C14H18N2O2S.